The van der Waals surface area contributed by atoms with Gasteiger partial charge in [0.2, 0.25) is 0 Å². The highest BCUT2D eigenvalue weighted by molar-refractivity contribution is 9.10. The highest BCUT2D eigenvalue weighted by Gasteiger charge is 2.13. The first-order valence-electron chi connectivity index (χ1n) is 9.31. The molecule has 0 aliphatic heterocycles. The summed E-state index contributed by atoms with van der Waals surface area (Å²) < 4.78 is 11.0. The normalized spacial score (nSPS) is 10.4. The molecule has 9 heteroatoms. The van der Waals surface area contributed by atoms with Gasteiger partial charge in [0.1, 0.15) is 11.5 Å². The minimum absolute atomic E-state index is 0.351. The molecule has 0 heterocycles. The molecule has 3 aromatic rings. The van der Waals surface area contributed by atoms with Crippen LogP contribution in [0.15, 0.2) is 82.4 Å². The second kappa shape index (κ2) is 10.9. The van der Waals surface area contributed by atoms with Crippen LogP contribution in [0.5, 0.6) is 11.5 Å². The average Bonchev–Trinajstić information content (AvgIpc) is 2.80. The zero-order chi connectivity index (χ0) is 22.9. The first-order chi connectivity index (χ1) is 15.5. The summed E-state index contributed by atoms with van der Waals surface area (Å²) in [6.07, 6.45) is 1.36. The summed E-state index contributed by atoms with van der Waals surface area (Å²) in [5.41, 5.74) is 3.60. The molecule has 3 rings (SSSR count). The first kappa shape index (κ1) is 22.7. The van der Waals surface area contributed by atoms with Gasteiger partial charge in [0.15, 0.2) is 0 Å². The van der Waals surface area contributed by atoms with Crippen molar-refractivity contribution in [1.82, 2.24) is 5.43 Å². The van der Waals surface area contributed by atoms with E-state index in [4.69, 9.17) is 9.47 Å². The lowest BCUT2D eigenvalue weighted by Crippen LogP contribution is -2.32. The van der Waals surface area contributed by atoms with Crippen LogP contribution in [0.2, 0.25) is 0 Å². The number of nitrogens with one attached hydrogen (secondary N) is 2. The van der Waals surface area contributed by atoms with E-state index in [1.54, 1.807) is 72.8 Å². The number of ether oxygens (including phenoxy) is 2. The van der Waals surface area contributed by atoms with Crippen molar-refractivity contribution in [3.63, 3.8) is 0 Å². The summed E-state index contributed by atoms with van der Waals surface area (Å²) in [6, 6.07) is 20.0. The Kier molecular flexibility index (Phi) is 7.71. The quantitative estimate of drug-likeness (QED) is 0.178. The van der Waals surface area contributed by atoms with E-state index < -0.39 is 17.8 Å². The number of halogens is 1. The van der Waals surface area contributed by atoms with Crippen LogP contribution in [-0.4, -0.2) is 31.1 Å². The van der Waals surface area contributed by atoms with Crippen molar-refractivity contribution >= 4 is 45.6 Å². The predicted molar refractivity (Wildman–Crippen MR) is 123 cm³/mol. The van der Waals surface area contributed by atoms with Crippen LogP contribution in [0.4, 0.5) is 5.69 Å². The van der Waals surface area contributed by atoms with Gasteiger partial charge in [0.25, 0.3) is 0 Å². The molecule has 3 aromatic carbocycles. The second-order valence-electron chi connectivity index (χ2n) is 6.32. The SMILES string of the molecule is COc1cccc(NC(=O)C(=O)NN=Cc2ccc(OC(=O)c3ccccc3Br)cc2)c1. The summed E-state index contributed by atoms with van der Waals surface area (Å²) in [4.78, 5) is 36.1. The third-order valence-electron chi connectivity index (χ3n) is 4.10. The molecule has 0 saturated heterocycles. The van der Waals surface area contributed by atoms with Crippen molar-refractivity contribution in [2.45, 2.75) is 0 Å². The number of carbonyl (C=O) groups is 3. The maximum atomic E-state index is 12.2. The van der Waals surface area contributed by atoms with Crippen LogP contribution in [-0.2, 0) is 9.59 Å². The monoisotopic (exact) mass is 495 g/mol. The molecule has 0 unspecified atom stereocenters. The maximum absolute atomic E-state index is 12.2. The zero-order valence-corrected chi connectivity index (χ0v) is 18.5. The van der Waals surface area contributed by atoms with Crippen molar-refractivity contribution in [1.29, 1.82) is 0 Å². The summed E-state index contributed by atoms with van der Waals surface area (Å²) in [5, 5.41) is 6.22. The van der Waals surface area contributed by atoms with Gasteiger partial charge in [0.05, 0.1) is 18.9 Å². The minimum atomic E-state index is -0.928. The summed E-state index contributed by atoms with van der Waals surface area (Å²) >= 11 is 3.31. The van der Waals surface area contributed by atoms with E-state index in [-0.39, 0.29) is 0 Å². The molecule has 2 amide bonds. The molecule has 8 nitrogen and oxygen atoms in total. The van der Waals surface area contributed by atoms with Gasteiger partial charge in [-0.1, -0.05) is 18.2 Å². The molecule has 0 aliphatic rings. The molecular weight excluding hydrogens is 478 g/mol. The van der Waals surface area contributed by atoms with E-state index in [1.807, 2.05) is 0 Å². The summed E-state index contributed by atoms with van der Waals surface area (Å²) in [5.74, 6) is -1.39. The number of carbonyl (C=O) groups excluding carboxylic acids is 3. The predicted octanol–water partition coefficient (Wildman–Crippen LogP) is 3.77. The van der Waals surface area contributed by atoms with Crippen molar-refractivity contribution in [2.24, 2.45) is 5.10 Å². The Morgan fingerprint density at radius 2 is 1.66 bits per heavy atom. The lowest BCUT2D eigenvalue weighted by atomic mass is 10.2. The van der Waals surface area contributed by atoms with Gasteiger partial charge in [0, 0.05) is 16.2 Å². The van der Waals surface area contributed by atoms with E-state index in [0.717, 1.165) is 0 Å². The Morgan fingerprint density at radius 3 is 2.38 bits per heavy atom. The number of nitrogens with zero attached hydrogens (tertiary/aromatic N) is 1. The number of hydrogen-bond acceptors (Lipinski definition) is 6. The molecular formula is C23H18BrN3O5. The Bertz CT molecular complexity index is 1160. The fraction of sp³-hybridized carbons (Fsp3) is 0.0435. The Hall–Kier alpha value is -3.98. The first-order valence-corrected chi connectivity index (χ1v) is 10.1. The lowest BCUT2D eigenvalue weighted by Gasteiger charge is -2.06. The molecule has 2 N–H and O–H groups in total. The van der Waals surface area contributed by atoms with Gasteiger partial charge >= 0.3 is 17.8 Å². The van der Waals surface area contributed by atoms with Gasteiger partial charge in [-0.3, -0.25) is 9.59 Å². The topological polar surface area (TPSA) is 106 Å². The molecule has 0 bridgehead atoms. The van der Waals surface area contributed by atoms with Gasteiger partial charge in [-0.2, -0.15) is 5.10 Å². The molecule has 162 valence electrons. The summed E-state index contributed by atoms with van der Waals surface area (Å²) in [7, 11) is 1.50. The van der Waals surface area contributed by atoms with E-state index in [1.165, 1.54) is 13.3 Å². The van der Waals surface area contributed by atoms with Crippen LogP contribution < -0.4 is 20.2 Å². The summed E-state index contributed by atoms with van der Waals surface area (Å²) in [6.45, 7) is 0. The molecule has 32 heavy (non-hydrogen) atoms. The standard InChI is InChI=1S/C23H18BrN3O5/c1-31-18-6-4-5-16(13-18)26-21(28)22(29)27-25-14-15-9-11-17(12-10-15)32-23(30)19-7-2-3-8-20(19)24/h2-14H,1H3,(H,26,28)(H,27,29). The molecule has 0 radical (unpaired) electrons. The number of methoxy groups -OCH3 is 1. The van der Waals surface area contributed by atoms with Crippen molar-refractivity contribution < 1.29 is 23.9 Å². The minimum Gasteiger partial charge on any atom is -0.497 e. The smallest absolute Gasteiger partial charge is 0.344 e. The van der Waals surface area contributed by atoms with Crippen LogP contribution >= 0.6 is 15.9 Å². The number of anilines is 1. The van der Waals surface area contributed by atoms with E-state index >= 15 is 0 Å². The largest absolute Gasteiger partial charge is 0.497 e. The molecule has 0 aromatic heterocycles. The highest BCUT2D eigenvalue weighted by Crippen LogP contribution is 2.19. The molecule has 0 saturated carbocycles. The average molecular weight is 496 g/mol. The van der Waals surface area contributed by atoms with Crippen LogP contribution in [0.3, 0.4) is 0 Å². The molecule has 0 spiro atoms. The number of benzene rings is 3. The van der Waals surface area contributed by atoms with Crippen LogP contribution in [0, 0.1) is 0 Å². The number of hydrazone groups is 1. The number of hydrogen-bond donors (Lipinski definition) is 2. The molecule has 0 atom stereocenters. The third-order valence-corrected chi connectivity index (χ3v) is 4.79. The highest BCUT2D eigenvalue weighted by atomic mass is 79.9. The molecule has 0 fully saturated rings. The number of amides is 2. The van der Waals surface area contributed by atoms with Gasteiger partial charge in [-0.05, 0) is 70.0 Å². The fourth-order valence-electron chi connectivity index (χ4n) is 2.52. The van der Waals surface area contributed by atoms with Gasteiger partial charge in [-0.25, -0.2) is 10.2 Å². The third kappa shape index (κ3) is 6.26. The van der Waals surface area contributed by atoms with E-state index in [9.17, 15) is 14.4 Å². The Balaban J connectivity index is 1.52. The van der Waals surface area contributed by atoms with Crippen molar-refractivity contribution in [2.75, 3.05) is 12.4 Å². The van der Waals surface area contributed by atoms with E-state index in [0.29, 0.717) is 32.8 Å². The molecule has 0 aliphatic carbocycles. The van der Waals surface area contributed by atoms with Gasteiger partial charge in [-0.15, -0.1) is 0 Å². The van der Waals surface area contributed by atoms with Crippen molar-refractivity contribution in [3.8, 4) is 11.5 Å². The van der Waals surface area contributed by atoms with E-state index in [2.05, 4.69) is 31.8 Å². The van der Waals surface area contributed by atoms with Gasteiger partial charge < -0.3 is 14.8 Å². The number of esters is 1. The zero-order valence-electron chi connectivity index (χ0n) is 16.9. The maximum Gasteiger partial charge on any atom is 0.344 e. The lowest BCUT2D eigenvalue weighted by molar-refractivity contribution is -0.136. The second-order valence-corrected chi connectivity index (χ2v) is 7.18. The number of rotatable bonds is 6. The van der Waals surface area contributed by atoms with Crippen LogP contribution in [0.25, 0.3) is 0 Å². The van der Waals surface area contributed by atoms with Crippen LogP contribution in [0.1, 0.15) is 15.9 Å². The Morgan fingerprint density at radius 1 is 0.906 bits per heavy atom. The van der Waals surface area contributed by atoms with Crippen molar-refractivity contribution in [3.05, 3.63) is 88.4 Å². The Labute approximate surface area is 192 Å². The fourth-order valence-corrected chi connectivity index (χ4v) is 2.96.